The van der Waals surface area contributed by atoms with Crippen molar-refractivity contribution in [3.05, 3.63) is 23.3 Å². The highest BCUT2D eigenvalue weighted by molar-refractivity contribution is 6.06. The molecule has 3 amide bonds. The Labute approximate surface area is 181 Å². The first-order valence-corrected chi connectivity index (χ1v) is 10.6. The number of carbonyl (C=O) groups is 3. The maximum absolute atomic E-state index is 13.2. The summed E-state index contributed by atoms with van der Waals surface area (Å²) in [5.74, 6) is 0.0670. The molecule has 1 atom stereocenters. The number of amides is 3. The van der Waals surface area contributed by atoms with Crippen LogP contribution in [0.2, 0.25) is 0 Å². The van der Waals surface area contributed by atoms with E-state index < -0.39 is 11.9 Å². The number of nitrogens with one attached hydrogen (secondary N) is 1. The fourth-order valence-electron chi connectivity index (χ4n) is 4.89. The van der Waals surface area contributed by atoms with E-state index >= 15 is 0 Å². The third-order valence-corrected chi connectivity index (χ3v) is 6.57. The van der Waals surface area contributed by atoms with Crippen LogP contribution < -0.4 is 15.0 Å². The van der Waals surface area contributed by atoms with E-state index in [0.717, 1.165) is 37.2 Å². The van der Waals surface area contributed by atoms with E-state index in [2.05, 4.69) is 10.2 Å². The van der Waals surface area contributed by atoms with Gasteiger partial charge < -0.3 is 24.0 Å². The van der Waals surface area contributed by atoms with Crippen molar-refractivity contribution in [2.24, 2.45) is 5.92 Å². The van der Waals surface area contributed by atoms with E-state index in [9.17, 15) is 14.4 Å². The average molecular weight is 431 g/mol. The first kappa shape index (κ1) is 21.6. The van der Waals surface area contributed by atoms with Crippen LogP contribution >= 0.6 is 0 Å². The van der Waals surface area contributed by atoms with Gasteiger partial charge in [0.2, 0.25) is 11.8 Å². The third-order valence-electron chi connectivity index (χ3n) is 6.57. The molecule has 1 aromatic carbocycles. The largest absolute Gasteiger partial charge is 0.496 e. The molecule has 1 aromatic rings. The molecule has 0 aliphatic carbocycles. The molecule has 9 nitrogen and oxygen atoms in total. The Morgan fingerprint density at radius 2 is 1.74 bits per heavy atom. The molecule has 2 saturated heterocycles. The molecule has 0 aromatic heterocycles. The van der Waals surface area contributed by atoms with Crippen molar-refractivity contribution in [3.63, 3.8) is 0 Å². The van der Waals surface area contributed by atoms with Gasteiger partial charge in [-0.3, -0.25) is 19.7 Å². The summed E-state index contributed by atoms with van der Waals surface area (Å²) in [6, 6.07) is 3.22. The summed E-state index contributed by atoms with van der Waals surface area (Å²) >= 11 is 0. The maximum Gasteiger partial charge on any atom is 0.255 e. The summed E-state index contributed by atoms with van der Waals surface area (Å²) < 4.78 is 16.4. The topological polar surface area (TPSA) is 97.4 Å². The van der Waals surface area contributed by atoms with Crippen molar-refractivity contribution in [1.29, 1.82) is 0 Å². The number of methoxy groups -OCH3 is 3. The van der Waals surface area contributed by atoms with Crippen LogP contribution in [0.4, 0.5) is 5.69 Å². The minimum Gasteiger partial charge on any atom is -0.496 e. The second kappa shape index (κ2) is 8.84. The summed E-state index contributed by atoms with van der Waals surface area (Å²) in [5.41, 5.74) is 2.28. The van der Waals surface area contributed by atoms with E-state index in [4.69, 9.17) is 14.2 Å². The number of piperidine rings is 2. The number of anilines is 1. The monoisotopic (exact) mass is 431 g/mol. The normalized spacial score (nSPS) is 22.2. The summed E-state index contributed by atoms with van der Waals surface area (Å²) in [5, 5.41) is 2.34. The lowest BCUT2D eigenvalue weighted by molar-refractivity contribution is -0.141. The van der Waals surface area contributed by atoms with Crippen molar-refractivity contribution >= 4 is 23.4 Å². The Morgan fingerprint density at radius 1 is 1.03 bits per heavy atom. The van der Waals surface area contributed by atoms with Crippen LogP contribution in [0.5, 0.6) is 5.75 Å². The van der Waals surface area contributed by atoms with Crippen molar-refractivity contribution in [1.82, 2.24) is 10.2 Å². The zero-order valence-corrected chi connectivity index (χ0v) is 18.2. The molecule has 1 unspecified atom stereocenters. The molecule has 0 radical (unpaired) electrons. The number of imide groups is 1. The van der Waals surface area contributed by atoms with Crippen LogP contribution in [-0.4, -0.2) is 69.4 Å². The fourth-order valence-corrected chi connectivity index (χ4v) is 4.89. The molecule has 168 valence electrons. The summed E-state index contributed by atoms with van der Waals surface area (Å²) in [4.78, 5) is 40.8. The van der Waals surface area contributed by atoms with E-state index in [-0.39, 0.29) is 24.5 Å². The zero-order valence-electron chi connectivity index (χ0n) is 18.2. The van der Waals surface area contributed by atoms with E-state index in [1.165, 1.54) is 0 Å². The van der Waals surface area contributed by atoms with Gasteiger partial charge in [-0.25, -0.2) is 0 Å². The third kappa shape index (κ3) is 3.99. The highest BCUT2D eigenvalue weighted by atomic mass is 16.7. The van der Waals surface area contributed by atoms with Crippen LogP contribution in [0.3, 0.4) is 0 Å². The van der Waals surface area contributed by atoms with E-state index in [0.29, 0.717) is 30.2 Å². The van der Waals surface area contributed by atoms with Gasteiger partial charge in [-0.2, -0.15) is 0 Å². The molecule has 9 heteroatoms. The van der Waals surface area contributed by atoms with Gasteiger partial charge in [-0.1, -0.05) is 0 Å². The van der Waals surface area contributed by atoms with Crippen LogP contribution in [0.15, 0.2) is 12.1 Å². The van der Waals surface area contributed by atoms with Crippen LogP contribution in [0.1, 0.15) is 41.6 Å². The van der Waals surface area contributed by atoms with E-state index in [1.54, 1.807) is 26.2 Å². The number of hydrogen-bond acceptors (Lipinski definition) is 7. The number of nitrogens with zero attached hydrogens (tertiary/aromatic N) is 2. The molecule has 0 spiro atoms. The standard InChI is InChI=1S/C22H29N3O6/c1-29-18-11-14(24-8-6-13(7-9-24)22(30-2)31-3)10-15-16(18)12-25(21(15)28)17-4-5-19(26)23-20(17)27/h10-11,13,17,22H,4-9,12H2,1-3H3,(H,23,26,27). The SMILES string of the molecule is COc1cc(N2CCC(C(OC)OC)CC2)cc2c1CN(C1CCC(=O)NC1=O)C2=O. The summed E-state index contributed by atoms with van der Waals surface area (Å²) in [7, 11) is 4.91. The van der Waals surface area contributed by atoms with Gasteiger partial charge in [0.25, 0.3) is 5.91 Å². The van der Waals surface area contributed by atoms with Crippen LogP contribution in [-0.2, 0) is 25.6 Å². The molecule has 0 bridgehead atoms. The van der Waals surface area contributed by atoms with Crippen LogP contribution in [0, 0.1) is 5.92 Å². The molecule has 3 heterocycles. The molecule has 0 saturated carbocycles. The predicted octanol–water partition coefficient (Wildman–Crippen LogP) is 1.29. The number of hydrogen-bond donors (Lipinski definition) is 1. The van der Waals surface area contributed by atoms with Crippen molar-refractivity contribution in [2.45, 2.75) is 44.6 Å². The number of carbonyl (C=O) groups excluding carboxylic acids is 3. The van der Waals surface area contributed by atoms with Crippen molar-refractivity contribution in [2.75, 3.05) is 39.3 Å². The van der Waals surface area contributed by atoms with Gasteiger partial charge in [-0.05, 0) is 25.3 Å². The Hall–Kier alpha value is -2.65. The lowest BCUT2D eigenvalue weighted by Gasteiger charge is -2.36. The van der Waals surface area contributed by atoms with E-state index in [1.807, 2.05) is 12.1 Å². The molecular weight excluding hydrogens is 402 g/mol. The van der Waals surface area contributed by atoms with Gasteiger partial charge >= 0.3 is 0 Å². The lowest BCUT2D eigenvalue weighted by atomic mass is 9.95. The Balaban J connectivity index is 1.53. The molecule has 3 aliphatic heterocycles. The molecule has 3 aliphatic rings. The van der Waals surface area contributed by atoms with Gasteiger partial charge in [0.1, 0.15) is 11.8 Å². The highest BCUT2D eigenvalue weighted by Gasteiger charge is 2.41. The van der Waals surface area contributed by atoms with Gasteiger partial charge in [-0.15, -0.1) is 0 Å². The van der Waals surface area contributed by atoms with Crippen molar-refractivity contribution in [3.8, 4) is 5.75 Å². The summed E-state index contributed by atoms with van der Waals surface area (Å²) in [6.07, 6.45) is 2.20. The second-order valence-electron chi connectivity index (χ2n) is 8.24. The molecule has 4 rings (SSSR count). The van der Waals surface area contributed by atoms with Crippen LogP contribution in [0.25, 0.3) is 0 Å². The summed E-state index contributed by atoms with van der Waals surface area (Å²) in [6.45, 7) is 1.94. The Bertz CT molecular complexity index is 876. The lowest BCUT2D eigenvalue weighted by Crippen LogP contribution is -2.52. The number of ether oxygens (including phenoxy) is 3. The quantitative estimate of drug-likeness (QED) is 0.535. The van der Waals surface area contributed by atoms with Crippen molar-refractivity contribution < 1.29 is 28.6 Å². The Kier molecular flexibility index (Phi) is 6.15. The minimum absolute atomic E-state index is 0.196. The fraction of sp³-hybridized carbons (Fsp3) is 0.591. The molecule has 31 heavy (non-hydrogen) atoms. The number of rotatable bonds is 6. The Morgan fingerprint density at radius 3 is 2.35 bits per heavy atom. The predicted molar refractivity (Wildman–Crippen MR) is 112 cm³/mol. The number of benzene rings is 1. The highest BCUT2D eigenvalue weighted by Crippen LogP contribution is 2.38. The van der Waals surface area contributed by atoms with Gasteiger partial charge in [0, 0.05) is 57.0 Å². The number of fused-ring (bicyclic) bond motifs is 1. The molecule has 1 N–H and O–H groups in total. The first-order valence-electron chi connectivity index (χ1n) is 10.6. The molecular formula is C22H29N3O6. The maximum atomic E-state index is 13.2. The average Bonchev–Trinajstić information content (AvgIpc) is 3.11. The smallest absolute Gasteiger partial charge is 0.255 e. The first-order chi connectivity index (χ1) is 15.0. The second-order valence-corrected chi connectivity index (χ2v) is 8.24. The van der Waals surface area contributed by atoms with Gasteiger partial charge in [0.15, 0.2) is 6.29 Å². The van der Waals surface area contributed by atoms with Gasteiger partial charge in [0.05, 0.1) is 19.2 Å². The minimum atomic E-state index is -0.637. The zero-order chi connectivity index (χ0) is 22.1. The molecule has 2 fully saturated rings.